The van der Waals surface area contributed by atoms with E-state index in [2.05, 4.69) is 41.8 Å². The average molecular weight is 353 g/mol. The van der Waals surface area contributed by atoms with Gasteiger partial charge < -0.3 is 4.74 Å². The van der Waals surface area contributed by atoms with Crippen LogP contribution in [0.1, 0.15) is 43.8 Å². The molecule has 1 heterocycles. The topological polar surface area (TPSA) is 44.1 Å². The molecule has 0 spiro atoms. The molecule has 0 saturated carbocycles. The summed E-state index contributed by atoms with van der Waals surface area (Å²) in [6, 6.07) is 5.93. The molecule has 0 aliphatic rings. The van der Waals surface area contributed by atoms with Crippen LogP contribution in [-0.2, 0) is 15.1 Å². The number of carbonyl (C=O) groups excluding carboxylic acids is 1. The summed E-state index contributed by atoms with van der Waals surface area (Å²) in [5.74, 6) is -0.274. The van der Waals surface area contributed by atoms with Gasteiger partial charge in [-0.3, -0.25) is 9.48 Å². The van der Waals surface area contributed by atoms with E-state index in [9.17, 15) is 4.79 Å². The lowest BCUT2D eigenvalue weighted by Gasteiger charge is -2.22. The molecule has 2 aromatic rings. The monoisotopic (exact) mass is 352 g/mol. The highest BCUT2D eigenvalue weighted by molar-refractivity contribution is 9.09. The minimum Gasteiger partial charge on any atom is -0.465 e. The van der Waals surface area contributed by atoms with Gasteiger partial charge in [-0.1, -0.05) is 34.1 Å². The molecule has 0 aliphatic heterocycles. The molecule has 1 aromatic heterocycles. The molecule has 0 bridgehead atoms. The number of hydrogen-bond acceptors (Lipinski definition) is 3. The third kappa shape index (κ3) is 2.98. The molecule has 0 radical (unpaired) electrons. The van der Waals surface area contributed by atoms with Crippen LogP contribution in [0, 0.1) is 6.92 Å². The zero-order valence-corrected chi connectivity index (χ0v) is 14.7. The van der Waals surface area contributed by atoms with Crippen LogP contribution in [0.25, 0.3) is 10.9 Å². The number of hydrogen-bond donors (Lipinski definition) is 0. The number of fused-ring (bicyclic) bond motifs is 1. The molecule has 1 unspecified atom stereocenters. The number of esters is 1. The SMILES string of the molecule is CCOC(=O)C(Br)c1cccc2c(C)nn(C(C)(C)C)c12. The third-order valence-electron chi connectivity index (χ3n) is 3.32. The van der Waals surface area contributed by atoms with Gasteiger partial charge in [0.25, 0.3) is 0 Å². The Morgan fingerprint density at radius 2 is 2.10 bits per heavy atom. The lowest BCUT2D eigenvalue weighted by atomic mass is 10.0. The van der Waals surface area contributed by atoms with Crippen LogP contribution in [0.15, 0.2) is 18.2 Å². The highest BCUT2D eigenvalue weighted by Crippen LogP contribution is 2.34. The molecule has 5 heteroatoms. The van der Waals surface area contributed by atoms with E-state index in [1.807, 2.05) is 36.7 Å². The minimum atomic E-state index is -0.488. The van der Waals surface area contributed by atoms with Gasteiger partial charge in [0.2, 0.25) is 0 Å². The summed E-state index contributed by atoms with van der Waals surface area (Å²) in [4.78, 5) is 11.6. The summed E-state index contributed by atoms with van der Waals surface area (Å²) >= 11 is 3.47. The molecule has 21 heavy (non-hydrogen) atoms. The van der Waals surface area contributed by atoms with E-state index in [0.717, 1.165) is 22.2 Å². The fourth-order valence-corrected chi connectivity index (χ4v) is 2.88. The summed E-state index contributed by atoms with van der Waals surface area (Å²) < 4.78 is 7.11. The van der Waals surface area contributed by atoms with E-state index in [1.54, 1.807) is 0 Å². The highest BCUT2D eigenvalue weighted by atomic mass is 79.9. The van der Waals surface area contributed by atoms with Crippen molar-refractivity contribution in [1.29, 1.82) is 0 Å². The second kappa shape index (κ2) is 5.79. The summed E-state index contributed by atoms with van der Waals surface area (Å²) in [5.41, 5.74) is 2.67. The van der Waals surface area contributed by atoms with Crippen LogP contribution < -0.4 is 0 Å². The zero-order chi connectivity index (χ0) is 15.8. The van der Waals surface area contributed by atoms with E-state index >= 15 is 0 Å². The van der Waals surface area contributed by atoms with Crippen molar-refractivity contribution in [3.05, 3.63) is 29.5 Å². The summed E-state index contributed by atoms with van der Waals surface area (Å²) in [6.07, 6.45) is 0. The lowest BCUT2D eigenvalue weighted by Crippen LogP contribution is -2.24. The van der Waals surface area contributed by atoms with Gasteiger partial charge in [-0.15, -0.1) is 0 Å². The molecule has 0 fully saturated rings. The molecule has 2 rings (SSSR count). The normalized spacial score (nSPS) is 13.4. The number of ether oxygens (including phenoxy) is 1. The second-order valence-electron chi connectivity index (χ2n) is 6.03. The van der Waals surface area contributed by atoms with Crippen molar-refractivity contribution in [3.8, 4) is 0 Å². The smallest absolute Gasteiger partial charge is 0.324 e. The van der Waals surface area contributed by atoms with Crippen molar-refractivity contribution in [2.24, 2.45) is 0 Å². The van der Waals surface area contributed by atoms with Gasteiger partial charge in [0.15, 0.2) is 0 Å². The lowest BCUT2D eigenvalue weighted by molar-refractivity contribution is -0.142. The van der Waals surface area contributed by atoms with E-state index in [0.29, 0.717) is 6.61 Å². The molecule has 1 aromatic carbocycles. The van der Waals surface area contributed by atoms with Crippen LogP contribution in [0.5, 0.6) is 0 Å². The third-order valence-corrected chi connectivity index (χ3v) is 4.19. The van der Waals surface area contributed by atoms with Gasteiger partial charge in [-0.2, -0.15) is 5.10 Å². The van der Waals surface area contributed by atoms with E-state index in [-0.39, 0.29) is 11.5 Å². The maximum absolute atomic E-state index is 12.1. The van der Waals surface area contributed by atoms with Crippen LogP contribution in [0.4, 0.5) is 0 Å². The van der Waals surface area contributed by atoms with Crippen molar-refractivity contribution in [1.82, 2.24) is 9.78 Å². The summed E-state index contributed by atoms with van der Waals surface area (Å²) in [7, 11) is 0. The molecule has 0 amide bonds. The van der Waals surface area contributed by atoms with Crippen LogP contribution >= 0.6 is 15.9 Å². The van der Waals surface area contributed by atoms with E-state index < -0.39 is 4.83 Å². The number of aryl methyl sites for hydroxylation is 1. The number of rotatable bonds is 3. The largest absolute Gasteiger partial charge is 0.465 e. The molecule has 0 aliphatic carbocycles. The molecular formula is C16H21BrN2O2. The molecule has 1 atom stereocenters. The number of nitrogens with zero attached hydrogens (tertiary/aromatic N) is 2. The average Bonchev–Trinajstić information content (AvgIpc) is 2.76. The van der Waals surface area contributed by atoms with Gasteiger partial charge in [0.1, 0.15) is 4.83 Å². The number of benzene rings is 1. The first-order chi connectivity index (χ1) is 9.77. The van der Waals surface area contributed by atoms with Gasteiger partial charge in [0.05, 0.1) is 23.4 Å². The Balaban J connectivity index is 2.67. The van der Waals surface area contributed by atoms with Crippen molar-refractivity contribution in [2.75, 3.05) is 6.61 Å². The van der Waals surface area contributed by atoms with E-state index in [4.69, 9.17) is 4.74 Å². The Hall–Kier alpha value is -1.36. The van der Waals surface area contributed by atoms with Crippen LogP contribution in [0.3, 0.4) is 0 Å². The molecule has 0 N–H and O–H groups in total. The maximum atomic E-state index is 12.1. The Bertz CT molecular complexity index is 671. The molecule has 4 nitrogen and oxygen atoms in total. The Kier molecular flexibility index (Phi) is 4.42. The number of aromatic nitrogens is 2. The molecular weight excluding hydrogens is 332 g/mol. The van der Waals surface area contributed by atoms with Crippen LogP contribution in [0.2, 0.25) is 0 Å². The predicted molar refractivity (Wildman–Crippen MR) is 87.8 cm³/mol. The molecule has 114 valence electrons. The minimum absolute atomic E-state index is 0.163. The van der Waals surface area contributed by atoms with Gasteiger partial charge in [-0.05, 0) is 34.6 Å². The Labute approximate surface area is 133 Å². The highest BCUT2D eigenvalue weighted by Gasteiger charge is 2.26. The van der Waals surface area contributed by atoms with Gasteiger partial charge >= 0.3 is 5.97 Å². The first-order valence-electron chi connectivity index (χ1n) is 7.06. The second-order valence-corrected chi connectivity index (χ2v) is 6.94. The fraction of sp³-hybridized carbons (Fsp3) is 0.500. The van der Waals surface area contributed by atoms with Crippen molar-refractivity contribution in [3.63, 3.8) is 0 Å². The number of para-hydroxylation sites is 1. The Morgan fingerprint density at radius 3 is 2.67 bits per heavy atom. The first-order valence-corrected chi connectivity index (χ1v) is 7.98. The van der Waals surface area contributed by atoms with Gasteiger partial charge in [0, 0.05) is 10.9 Å². The summed E-state index contributed by atoms with van der Waals surface area (Å²) in [5, 5.41) is 5.72. The van der Waals surface area contributed by atoms with E-state index in [1.165, 1.54) is 0 Å². The summed E-state index contributed by atoms with van der Waals surface area (Å²) in [6.45, 7) is 10.5. The standard InChI is InChI=1S/C16H21BrN2O2/c1-6-21-15(20)13(17)12-9-7-8-11-10(2)18-19(14(11)12)16(3,4)5/h7-9,13H,6H2,1-5H3. The van der Waals surface area contributed by atoms with Crippen molar-refractivity contribution < 1.29 is 9.53 Å². The predicted octanol–water partition coefficient (Wildman–Crippen LogP) is 4.10. The number of carbonyl (C=O) groups is 1. The fourth-order valence-electron chi connectivity index (χ4n) is 2.38. The Morgan fingerprint density at radius 1 is 1.43 bits per heavy atom. The van der Waals surface area contributed by atoms with Crippen molar-refractivity contribution in [2.45, 2.75) is 45.0 Å². The molecule has 0 saturated heterocycles. The quantitative estimate of drug-likeness (QED) is 0.616. The number of alkyl halides is 1. The first kappa shape index (κ1) is 16.0. The van der Waals surface area contributed by atoms with Crippen LogP contribution in [-0.4, -0.2) is 22.4 Å². The van der Waals surface area contributed by atoms with Gasteiger partial charge in [-0.25, -0.2) is 0 Å². The maximum Gasteiger partial charge on any atom is 0.324 e. The van der Waals surface area contributed by atoms with Crippen molar-refractivity contribution >= 4 is 32.8 Å². The zero-order valence-electron chi connectivity index (χ0n) is 13.1. The number of halogens is 1.